The van der Waals surface area contributed by atoms with E-state index in [0.717, 1.165) is 0 Å². The standard InChI is InChI=1S/C9H14N2O3/c1-6(12)11-5-8(13)9(14)7-2-3-10-4-7/h2-4,8-10,13-14H,5H2,1H3,(H,11,12). The molecule has 0 spiro atoms. The highest BCUT2D eigenvalue weighted by Crippen LogP contribution is 2.15. The fourth-order valence-electron chi connectivity index (χ4n) is 1.10. The van der Waals surface area contributed by atoms with E-state index in [1.54, 1.807) is 18.5 Å². The van der Waals surface area contributed by atoms with Gasteiger partial charge in [-0.2, -0.15) is 0 Å². The molecule has 5 heteroatoms. The van der Waals surface area contributed by atoms with Crippen molar-refractivity contribution in [2.45, 2.75) is 19.1 Å². The molecule has 1 amide bonds. The molecule has 1 rings (SSSR count). The molecule has 0 aliphatic carbocycles. The number of aliphatic hydroxyl groups is 2. The van der Waals surface area contributed by atoms with Crippen molar-refractivity contribution in [1.29, 1.82) is 0 Å². The third kappa shape index (κ3) is 2.86. The summed E-state index contributed by atoms with van der Waals surface area (Å²) in [6.07, 6.45) is 1.29. The van der Waals surface area contributed by atoms with E-state index in [2.05, 4.69) is 10.3 Å². The molecule has 0 saturated heterocycles. The van der Waals surface area contributed by atoms with E-state index >= 15 is 0 Å². The van der Waals surface area contributed by atoms with Crippen molar-refractivity contribution in [2.24, 2.45) is 0 Å². The fraction of sp³-hybridized carbons (Fsp3) is 0.444. The van der Waals surface area contributed by atoms with Crippen molar-refractivity contribution >= 4 is 5.91 Å². The van der Waals surface area contributed by atoms with Gasteiger partial charge in [0.05, 0.1) is 0 Å². The minimum atomic E-state index is -0.991. The Balaban J connectivity index is 2.44. The predicted molar refractivity (Wildman–Crippen MR) is 50.4 cm³/mol. The van der Waals surface area contributed by atoms with Gasteiger partial charge in [-0.1, -0.05) is 0 Å². The second kappa shape index (κ2) is 4.78. The molecular weight excluding hydrogens is 184 g/mol. The van der Waals surface area contributed by atoms with Gasteiger partial charge in [0, 0.05) is 31.4 Å². The number of amides is 1. The summed E-state index contributed by atoms with van der Waals surface area (Å²) in [6.45, 7) is 1.40. The third-order valence-corrected chi connectivity index (χ3v) is 1.89. The molecule has 4 N–H and O–H groups in total. The minimum Gasteiger partial charge on any atom is -0.388 e. The Bertz CT molecular complexity index is 284. The van der Waals surface area contributed by atoms with Crippen LogP contribution in [-0.2, 0) is 4.79 Å². The van der Waals surface area contributed by atoms with Gasteiger partial charge in [-0.05, 0) is 6.07 Å². The Hall–Kier alpha value is -1.33. The van der Waals surface area contributed by atoms with Crippen LogP contribution < -0.4 is 5.32 Å². The second-order valence-electron chi connectivity index (χ2n) is 3.09. The summed E-state index contributed by atoms with van der Waals surface area (Å²) >= 11 is 0. The molecule has 0 fully saturated rings. The molecule has 0 aliphatic heterocycles. The summed E-state index contributed by atoms with van der Waals surface area (Å²) in [5, 5.41) is 21.5. The van der Waals surface area contributed by atoms with Crippen molar-refractivity contribution in [3.8, 4) is 0 Å². The van der Waals surface area contributed by atoms with Crippen molar-refractivity contribution in [1.82, 2.24) is 10.3 Å². The summed E-state index contributed by atoms with van der Waals surface area (Å²) in [6, 6.07) is 1.67. The highest BCUT2D eigenvalue weighted by molar-refractivity contribution is 5.72. The maximum atomic E-state index is 10.5. The molecule has 1 aromatic rings. The van der Waals surface area contributed by atoms with Crippen LogP contribution in [0.3, 0.4) is 0 Å². The van der Waals surface area contributed by atoms with Crippen LogP contribution in [0.5, 0.6) is 0 Å². The number of hydrogen-bond acceptors (Lipinski definition) is 3. The summed E-state index contributed by atoms with van der Waals surface area (Å²) in [5.41, 5.74) is 0.600. The number of carbonyl (C=O) groups is 1. The maximum Gasteiger partial charge on any atom is 0.216 e. The van der Waals surface area contributed by atoms with Gasteiger partial charge in [0.1, 0.15) is 12.2 Å². The lowest BCUT2D eigenvalue weighted by Crippen LogP contribution is -2.34. The first-order valence-electron chi connectivity index (χ1n) is 4.34. The number of aromatic amines is 1. The average molecular weight is 198 g/mol. The van der Waals surface area contributed by atoms with E-state index in [9.17, 15) is 15.0 Å². The van der Waals surface area contributed by atoms with Crippen LogP contribution in [0, 0.1) is 0 Å². The predicted octanol–water partition coefficient (Wildman–Crippen LogP) is -0.455. The fourth-order valence-corrected chi connectivity index (χ4v) is 1.10. The summed E-state index contributed by atoms with van der Waals surface area (Å²) < 4.78 is 0. The molecule has 0 radical (unpaired) electrons. The topological polar surface area (TPSA) is 85.3 Å². The van der Waals surface area contributed by atoms with Gasteiger partial charge in [-0.3, -0.25) is 4.79 Å². The van der Waals surface area contributed by atoms with Crippen molar-refractivity contribution in [3.63, 3.8) is 0 Å². The normalized spacial score (nSPS) is 14.8. The molecule has 0 aliphatic rings. The Morgan fingerprint density at radius 2 is 2.36 bits per heavy atom. The Labute approximate surface area is 81.8 Å². The maximum absolute atomic E-state index is 10.5. The number of rotatable bonds is 4. The largest absolute Gasteiger partial charge is 0.388 e. The smallest absolute Gasteiger partial charge is 0.216 e. The number of aromatic nitrogens is 1. The molecule has 1 aromatic heterocycles. The second-order valence-corrected chi connectivity index (χ2v) is 3.09. The first-order chi connectivity index (χ1) is 6.61. The van der Waals surface area contributed by atoms with E-state index in [-0.39, 0.29) is 12.5 Å². The molecule has 78 valence electrons. The molecular formula is C9H14N2O3. The Morgan fingerprint density at radius 1 is 1.64 bits per heavy atom. The van der Waals surface area contributed by atoms with Crippen LogP contribution in [0.15, 0.2) is 18.5 Å². The highest BCUT2D eigenvalue weighted by atomic mass is 16.3. The molecule has 0 saturated carbocycles. The molecule has 2 atom stereocenters. The first kappa shape index (κ1) is 10.7. The van der Waals surface area contributed by atoms with E-state index in [4.69, 9.17) is 0 Å². The lowest BCUT2D eigenvalue weighted by atomic mass is 10.1. The summed E-state index contributed by atoms with van der Waals surface area (Å²) in [5.74, 6) is -0.231. The van der Waals surface area contributed by atoms with Crippen molar-refractivity contribution in [2.75, 3.05) is 6.54 Å². The van der Waals surface area contributed by atoms with Gasteiger partial charge < -0.3 is 20.5 Å². The van der Waals surface area contributed by atoms with Gasteiger partial charge >= 0.3 is 0 Å². The highest BCUT2D eigenvalue weighted by Gasteiger charge is 2.18. The molecule has 5 nitrogen and oxygen atoms in total. The van der Waals surface area contributed by atoms with Crippen LogP contribution >= 0.6 is 0 Å². The van der Waals surface area contributed by atoms with Crippen molar-refractivity contribution in [3.05, 3.63) is 24.0 Å². The number of H-pyrrole nitrogens is 1. The van der Waals surface area contributed by atoms with E-state index in [1.165, 1.54) is 6.92 Å². The van der Waals surface area contributed by atoms with Gasteiger partial charge in [0.15, 0.2) is 0 Å². The van der Waals surface area contributed by atoms with Gasteiger partial charge in [0.25, 0.3) is 0 Å². The monoisotopic (exact) mass is 198 g/mol. The number of nitrogens with one attached hydrogen (secondary N) is 2. The zero-order valence-corrected chi connectivity index (χ0v) is 7.90. The van der Waals surface area contributed by atoms with E-state index in [1.807, 2.05) is 0 Å². The number of aliphatic hydroxyl groups excluding tert-OH is 2. The summed E-state index contributed by atoms with van der Waals surface area (Å²) in [7, 11) is 0. The van der Waals surface area contributed by atoms with Crippen LogP contribution in [0.25, 0.3) is 0 Å². The number of hydrogen-bond donors (Lipinski definition) is 4. The molecule has 1 heterocycles. The van der Waals surface area contributed by atoms with E-state index in [0.29, 0.717) is 5.56 Å². The Kier molecular flexibility index (Phi) is 3.67. The minimum absolute atomic E-state index is 0.0433. The van der Waals surface area contributed by atoms with Crippen LogP contribution in [0.1, 0.15) is 18.6 Å². The van der Waals surface area contributed by atoms with E-state index < -0.39 is 12.2 Å². The molecule has 2 unspecified atom stereocenters. The molecule has 0 bridgehead atoms. The van der Waals surface area contributed by atoms with Crippen LogP contribution in [-0.4, -0.2) is 33.8 Å². The quantitative estimate of drug-likeness (QED) is 0.528. The van der Waals surface area contributed by atoms with Gasteiger partial charge in [0.2, 0.25) is 5.91 Å². The van der Waals surface area contributed by atoms with Crippen molar-refractivity contribution < 1.29 is 15.0 Å². The SMILES string of the molecule is CC(=O)NCC(O)C(O)c1cc[nH]c1. The van der Waals surface area contributed by atoms with Gasteiger partial charge in [-0.15, -0.1) is 0 Å². The zero-order valence-electron chi connectivity index (χ0n) is 7.90. The lowest BCUT2D eigenvalue weighted by molar-refractivity contribution is -0.119. The molecule has 0 aromatic carbocycles. The van der Waals surface area contributed by atoms with Gasteiger partial charge in [-0.25, -0.2) is 0 Å². The molecule has 14 heavy (non-hydrogen) atoms. The number of carbonyl (C=O) groups excluding carboxylic acids is 1. The van der Waals surface area contributed by atoms with Crippen LogP contribution in [0.4, 0.5) is 0 Å². The average Bonchev–Trinajstić information content (AvgIpc) is 2.65. The van der Waals surface area contributed by atoms with Crippen LogP contribution in [0.2, 0.25) is 0 Å². The zero-order chi connectivity index (χ0) is 10.6. The Morgan fingerprint density at radius 3 is 2.86 bits per heavy atom. The third-order valence-electron chi connectivity index (χ3n) is 1.89. The summed E-state index contributed by atoms with van der Waals surface area (Å²) in [4.78, 5) is 13.3. The first-order valence-corrected chi connectivity index (χ1v) is 4.34. The lowest BCUT2D eigenvalue weighted by Gasteiger charge is -2.16.